The minimum Gasteiger partial charge on any atom is -0.463 e. The summed E-state index contributed by atoms with van der Waals surface area (Å²) in [6.07, 6.45) is 7.27. The first-order valence-corrected chi connectivity index (χ1v) is 10.8. The Morgan fingerprint density at radius 1 is 1.11 bits per heavy atom. The summed E-state index contributed by atoms with van der Waals surface area (Å²) in [7, 11) is 0. The van der Waals surface area contributed by atoms with Gasteiger partial charge in [0.05, 0.1) is 0 Å². The van der Waals surface area contributed by atoms with Gasteiger partial charge < -0.3 is 9.53 Å². The molecule has 0 bridgehead atoms. The quantitative estimate of drug-likeness (QED) is 0.651. The van der Waals surface area contributed by atoms with Gasteiger partial charge in [-0.05, 0) is 75.5 Å². The van der Waals surface area contributed by atoms with Gasteiger partial charge in [0.15, 0.2) is 0 Å². The topological polar surface area (TPSA) is 60.4 Å². The highest BCUT2D eigenvalue weighted by molar-refractivity contribution is 5.86. The molecule has 0 aliphatic heterocycles. The molecule has 0 aromatic rings. The van der Waals surface area contributed by atoms with Crippen molar-refractivity contribution >= 4 is 17.5 Å². The summed E-state index contributed by atoms with van der Waals surface area (Å²) < 4.78 is 5.58. The molecule has 3 fully saturated rings. The zero-order chi connectivity index (χ0) is 20.0. The van der Waals surface area contributed by atoms with Gasteiger partial charge in [0.25, 0.3) is 0 Å². The van der Waals surface area contributed by atoms with Gasteiger partial charge in [-0.1, -0.05) is 13.8 Å². The maximum Gasteiger partial charge on any atom is 0.302 e. The number of rotatable bonds is 5. The number of esters is 1. The van der Waals surface area contributed by atoms with Crippen molar-refractivity contribution in [1.82, 2.24) is 0 Å². The number of ether oxygens (including phenoxy) is 1. The summed E-state index contributed by atoms with van der Waals surface area (Å²) in [5.41, 5.74) is -0.145. The van der Waals surface area contributed by atoms with Crippen LogP contribution in [0.4, 0.5) is 0 Å². The van der Waals surface area contributed by atoms with E-state index in [2.05, 4.69) is 13.8 Å². The lowest BCUT2D eigenvalue weighted by Gasteiger charge is -2.56. The van der Waals surface area contributed by atoms with Crippen LogP contribution in [0.15, 0.2) is 0 Å². The van der Waals surface area contributed by atoms with Gasteiger partial charge in [-0.15, -0.1) is 0 Å². The van der Waals surface area contributed by atoms with Crippen molar-refractivity contribution in [3.8, 4) is 0 Å². The van der Waals surface area contributed by atoms with Crippen LogP contribution in [0.1, 0.15) is 86.0 Å². The normalized spacial score (nSPS) is 42.2. The Labute approximate surface area is 163 Å². The molecule has 3 aliphatic carbocycles. The highest BCUT2D eigenvalue weighted by Crippen LogP contribution is 2.65. The van der Waals surface area contributed by atoms with E-state index in [1.165, 1.54) is 13.3 Å². The number of carbonyl (C=O) groups excluding carboxylic acids is 3. The van der Waals surface area contributed by atoms with Gasteiger partial charge in [0.2, 0.25) is 0 Å². The molecule has 0 saturated heterocycles. The van der Waals surface area contributed by atoms with Crippen molar-refractivity contribution in [3.05, 3.63) is 0 Å². The van der Waals surface area contributed by atoms with Crippen molar-refractivity contribution < 1.29 is 19.1 Å². The fraction of sp³-hybridized carbons (Fsp3) is 0.870. The number of ketones is 2. The van der Waals surface area contributed by atoms with Crippen LogP contribution < -0.4 is 0 Å². The highest BCUT2D eigenvalue weighted by Gasteiger charge is 2.60. The van der Waals surface area contributed by atoms with Gasteiger partial charge in [0, 0.05) is 31.1 Å². The van der Waals surface area contributed by atoms with Crippen LogP contribution in [-0.4, -0.2) is 23.6 Å². The number of carbonyl (C=O) groups is 3. The Morgan fingerprint density at radius 3 is 2.44 bits per heavy atom. The summed E-state index contributed by atoms with van der Waals surface area (Å²) in [6, 6.07) is 0. The summed E-state index contributed by atoms with van der Waals surface area (Å²) in [5.74, 6) is 2.34. The van der Waals surface area contributed by atoms with Crippen molar-refractivity contribution in [2.45, 2.75) is 92.1 Å². The van der Waals surface area contributed by atoms with Gasteiger partial charge in [0.1, 0.15) is 17.7 Å². The van der Waals surface area contributed by atoms with E-state index in [0.717, 1.165) is 25.7 Å². The van der Waals surface area contributed by atoms with Crippen LogP contribution >= 0.6 is 0 Å². The molecule has 3 unspecified atom stereocenters. The smallest absolute Gasteiger partial charge is 0.302 e. The van der Waals surface area contributed by atoms with E-state index >= 15 is 0 Å². The Kier molecular flexibility index (Phi) is 5.58. The van der Waals surface area contributed by atoms with Crippen LogP contribution in [0.3, 0.4) is 0 Å². The summed E-state index contributed by atoms with van der Waals surface area (Å²) in [5, 5.41) is 0. The van der Waals surface area contributed by atoms with E-state index in [1.807, 2.05) is 6.92 Å². The first-order chi connectivity index (χ1) is 12.6. The van der Waals surface area contributed by atoms with E-state index in [-0.39, 0.29) is 28.7 Å². The fourth-order valence-corrected chi connectivity index (χ4v) is 7.19. The van der Waals surface area contributed by atoms with Crippen LogP contribution in [0.5, 0.6) is 0 Å². The Hall–Kier alpha value is -1.19. The maximum atomic E-state index is 12.9. The third-order valence-corrected chi connectivity index (χ3v) is 8.59. The summed E-state index contributed by atoms with van der Waals surface area (Å²) in [4.78, 5) is 35.9. The Morgan fingerprint density at radius 2 is 1.81 bits per heavy atom. The van der Waals surface area contributed by atoms with Gasteiger partial charge in [-0.25, -0.2) is 0 Å². The number of hydrogen-bond donors (Lipinski definition) is 0. The van der Waals surface area contributed by atoms with E-state index in [4.69, 9.17) is 4.74 Å². The average Bonchev–Trinajstić information content (AvgIpc) is 2.93. The number of fused-ring (bicyclic) bond motifs is 3. The zero-order valence-electron chi connectivity index (χ0n) is 17.7. The first kappa shape index (κ1) is 20.5. The second kappa shape index (κ2) is 7.33. The van der Waals surface area contributed by atoms with Crippen molar-refractivity contribution in [1.29, 1.82) is 0 Å². The second-order valence-corrected chi connectivity index (χ2v) is 10.0. The van der Waals surface area contributed by atoms with Crippen molar-refractivity contribution in [3.63, 3.8) is 0 Å². The van der Waals surface area contributed by atoms with E-state index in [0.29, 0.717) is 48.7 Å². The lowest BCUT2D eigenvalue weighted by molar-refractivity contribution is -0.156. The van der Waals surface area contributed by atoms with Crippen LogP contribution in [-0.2, 0) is 19.1 Å². The van der Waals surface area contributed by atoms with Crippen LogP contribution in [0.2, 0.25) is 0 Å². The van der Waals surface area contributed by atoms with Crippen LogP contribution in [0.25, 0.3) is 0 Å². The molecule has 7 atom stereocenters. The SMILES string of the molecule is CC(=O)CC[C@]1(C)C(=O)CC[C@H]2C3CC[C@H](C(C)OC(C)=O)C3(C)CC[C@H]21. The monoisotopic (exact) mass is 376 g/mol. The lowest BCUT2D eigenvalue weighted by Crippen LogP contribution is -2.53. The molecule has 0 radical (unpaired) electrons. The van der Waals surface area contributed by atoms with Crippen molar-refractivity contribution in [2.75, 3.05) is 0 Å². The Balaban J connectivity index is 1.82. The number of Topliss-reactive ketones (excluding diaryl/α,β-unsaturated/α-hetero) is 2. The molecular weight excluding hydrogens is 340 g/mol. The van der Waals surface area contributed by atoms with Gasteiger partial charge >= 0.3 is 5.97 Å². The van der Waals surface area contributed by atoms with Gasteiger partial charge in [-0.2, -0.15) is 0 Å². The molecule has 3 aliphatic rings. The summed E-state index contributed by atoms with van der Waals surface area (Å²) >= 11 is 0. The van der Waals surface area contributed by atoms with Crippen molar-refractivity contribution in [2.24, 2.45) is 34.5 Å². The largest absolute Gasteiger partial charge is 0.463 e. The summed E-state index contributed by atoms with van der Waals surface area (Å²) in [6.45, 7) is 9.70. The van der Waals surface area contributed by atoms with Gasteiger partial charge in [-0.3, -0.25) is 9.59 Å². The highest BCUT2D eigenvalue weighted by atomic mass is 16.5. The Bertz CT molecular complexity index is 626. The second-order valence-electron chi connectivity index (χ2n) is 10.0. The molecule has 0 amide bonds. The molecule has 0 aromatic carbocycles. The predicted molar refractivity (Wildman–Crippen MR) is 104 cm³/mol. The first-order valence-electron chi connectivity index (χ1n) is 10.8. The third-order valence-electron chi connectivity index (χ3n) is 8.59. The fourth-order valence-electron chi connectivity index (χ4n) is 7.19. The molecule has 4 nitrogen and oxygen atoms in total. The third kappa shape index (κ3) is 3.49. The zero-order valence-corrected chi connectivity index (χ0v) is 17.7. The standard InChI is InChI=1S/C23H36O4/c1-14(24)10-12-23(5)20-11-13-22(4)18(15(2)27-16(3)25)7-8-19(22)17(20)6-9-21(23)26/h15,17-20H,6-13H2,1-5H3/t15?,17-,18+,19?,20+,22?,23-/m0/s1. The lowest BCUT2D eigenvalue weighted by atomic mass is 9.48. The van der Waals surface area contributed by atoms with E-state index in [9.17, 15) is 14.4 Å². The maximum absolute atomic E-state index is 12.9. The number of hydrogen-bond acceptors (Lipinski definition) is 4. The minimum atomic E-state index is -0.338. The minimum absolute atomic E-state index is 0.0385. The molecule has 0 spiro atoms. The predicted octanol–water partition coefficient (Wildman–Crippen LogP) is 4.74. The molecule has 3 rings (SSSR count). The molecule has 3 saturated carbocycles. The van der Waals surface area contributed by atoms with Crippen LogP contribution in [0, 0.1) is 34.5 Å². The molecule has 4 heteroatoms. The molecular formula is C23H36O4. The molecule has 0 aromatic heterocycles. The molecule has 0 heterocycles. The molecule has 0 N–H and O–H groups in total. The molecule has 152 valence electrons. The average molecular weight is 377 g/mol. The molecule has 27 heavy (non-hydrogen) atoms. The van der Waals surface area contributed by atoms with E-state index < -0.39 is 0 Å². The van der Waals surface area contributed by atoms with E-state index in [1.54, 1.807) is 6.92 Å².